The summed E-state index contributed by atoms with van der Waals surface area (Å²) in [6, 6.07) is 5.01. The molecule has 0 unspecified atom stereocenters. The number of piperidine rings is 1. The van der Waals surface area contributed by atoms with E-state index in [-0.39, 0.29) is 27.8 Å². The molecule has 0 aliphatic carbocycles. The first kappa shape index (κ1) is 19.7. The molecule has 2 aromatic heterocycles. The topological polar surface area (TPSA) is 123 Å². The number of anilines is 2. The lowest BCUT2D eigenvalue weighted by Crippen LogP contribution is -2.30. The zero-order valence-corrected chi connectivity index (χ0v) is 16.9. The van der Waals surface area contributed by atoms with E-state index in [1.807, 2.05) is 0 Å². The highest BCUT2D eigenvalue weighted by molar-refractivity contribution is 6.14. The van der Waals surface area contributed by atoms with Crippen molar-refractivity contribution in [2.24, 2.45) is 12.8 Å². The number of hydrogen-bond acceptors (Lipinski definition) is 6. The minimum atomic E-state index is -0.585. The normalized spacial score (nSPS) is 14.1. The molecule has 0 radical (unpaired) electrons. The lowest BCUT2D eigenvalue weighted by molar-refractivity contribution is 0.0996. The minimum absolute atomic E-state index is 0.114. The third kappa shape index (κ3) is 3.42. The van der Waals surface area contributed by atoms with E-state index in [1.165, 1.54) is 10.9 Å². The van der Waals surface area contributed by atoms with Crippen molar-refractivity contribution in [2.45, 2.75) is 26.2 Å². The predicted molar refractivity (Wildman–Crippen MR) is 113 cm³/mol. The summed E-state index contributed by atoms with van der Waals surface area (Å²) in [5.74, 6) is -0.793. The molecule has 0 bridgehead atoms. The number of fused-ring (bicyclic) bond motifs is 1. The fraction of sp³-hybridized carbons (Fsp3) is 0.333. The van der Waals surface area contributed by atoms with Gasteiger partial charge < -0.3 is 24.9 Å². The van der Waals surface area contributed by atoms with Crippen molar-refractivity contribution in [1.82, 2.24) is 9.55 Å². The number of nitrogens with two attached hydrogens (primary N) is 1. The molecule has 0 saturated carbocycles. The first-order chi connectivity index (χ1) is 14.4. The van der Waals surface area contributed by atoms with Crippen LogP contribution >= 0.6 is 0 Å². The van der Waals surface area contributed by atoms with E-state index < -0.39 is 11.8 Å². The molecule has 1 aromatic carbocycles. The lowest BCUT2D eigenvalue weighted by Gasteiger charge is -2.30. The molecular weight excluding hydrogens is 386 g/mol. The highest BCUT2D eigenvalue weighted by atomic mass is 16.3. The summed E-state index contributed by atoms with van der Waals surface area (Å²) >= 11 is 0. The van der Waals surface area contributed by atoms with Crippen molar-refractivity contribution < 1.29 is 14.0 Å². The average molecular weight is 409 g/mol. The summed E-state index contributed by atoms with van der Waals surface area (Å²) in [6.07, 6.45) is 4.62. The molecule has 0 spiro atoms. The molecule has 4 rings (SSSR count). The minimum Gasteiger partial charge on any atom is -0.442 e. The van der Waals surface area contributed by atoms with Crippen molar-refractivity contribution in [3.05, 3.63) is 51.8 Å². The van der Waals surface area contributed by atoms with Gasteiger partial charge in [0.2, 0.25) is 11.6 Å². The van der Waals surface area contributed by atoms with Crippen LogP contribution in [0.2, 0.25) is 0 Å². The van der Waals surface area contributed by atoms with Crippen LogP contribution in [0, 0.1) is 6.92 Å². The van der Waals surface area contributed by atoms with Crippen LogP contribution in [0.25, 0.3) is 11.1 Å². The van der Waals surface area contributed by atoms with Gasteiger partial charge in [-0.2, -0.15) is 0 Å². The smallest absolute Gasteiger partial charge is 0.265 e. The molecule has 3 N–H and O–H groups in total. The molecule has 0 atom stereocenters. The highest BCUT2D eigenvalue weighted by Crippen LogP contribution is 2.31. The van der Waals surface area contributed by atoms with Crippen molar-refractivity contribution in [1.29, 1.82) is 0 Å². The maximum atomic E-state index is 13.2. The molecule has 1 saturated heterocycles. The molecule has 3 heterocycles. The summed E-state index contributed by atoms with van der Waals surface area (Å²) in [5, 5.41) is 2.99. The van der Waals surface area contributed by atoms with Crippen molar-refractivity contribution in [2.75, 3.05) is 23.3 Å². The van der Waals surface area contributed by atoms with Crippen molar-refractivity contribution in [3.63, 3.8) is 0 Å². The van der Waals surface area contributed by atoms with E-state index in [0.717, 1.165) is 38.0 Å². The molecule has 1 aliphatic rings. The Morgan fingerprint density at radius 2 is 1.93 bits per heavy atom. The molecule has 9 heteroatoms. The average Bonchev–Trinajstić information content (AvgIpc) is 3.08. The summed E-state index contributed by atoms with van der Waals surface area (Å²) in [5.41, 5.74) is 6.88. The summed E-state index contributed by atoms with van der Waals surface area (Å²) in [6.45, 7) is 3.33. The summed E-state index contributed by atoms with van der Waals surface area (Å²) < 4.78 is 6.83. The van der Waals surface area contributed by atoms with Crippen LogP contribution in [0.1, 0.15) is 45.7 Å². The standard InChI is InChI=1S/C21H23N5O4/c1-12-16(17-20(30-12)23-11-25(2)21(17)29)19(28)24-14-10-13(18(22)27)6-7-15(14)26-8-4-3-5-9-26/h6-7,10-11H,3-5,8-9H2,1-2H3,(H2,22,27)(H,24,28). The fourth-order valence-electron chi connectivity index (χ4n) is 3.85. The molecule has 2 amide bonds. The summed E-state index contributed by atoms with van der Waals surface area (Å²) in [4.78, 5) is 43.8. The number of amides is 2. The van der Waals surface area contributed by atoms with Gasteiger partial charge in [0.05, 0.1) is 16.9 Å². The molecule has 1 aliphatic heterocycles. The first-order valence-corrected chi connectivity index (χ1v) is 9.81. The van der Waals surface area contributed by atoms with Crippen molar-refractivity contribution in [3.8, 4) is 0 Å². The van der Waals surface area contributed by atoms with Crippen LogP contribution in [0.5, 0.6) is 0 Å². The maximum Gasteiger partial charge on any atom is 0.265 e. The molecule has 1 fully saturated rings. The number of nitrogens with zero attached hydrogens (tertiary/aromatic N) is 3. The lowest BCUT2D eigenvalue weighted by atomic mass is 10.1. The van der Waals surface area contributed by atoms with Gasteiger partial charge in [0.1, 0.15) is 17.5 Å². The van der Waals surface area contributed by atoms with Gasteiger partial charge in [-0.1, -0.05) is 0 Å². The fourth-order valence-corrected chi connectivity index (χ4v) is 3.85. The number of carbonyl (C=O) groups excluding carboxylic acids is 2. The molecular formula is C21H23N5O4. The number of furan rings is 1. The predicted octanol–water partition coefficient (Wildman–Crippen LogP) is 2.18. The van der Waals surface area contributed by atoms with Gasteiger partial charge in [0, 0.05) is 25.7 Å². The molecule has 156 valence electrons. The van der Waals surface area contributed by atoms with Crippen LogP contribution in [0.15, 0.2) is 33.7 Å². The number of aromatic nitrogens is 2. The van der Waals surface area contributed by atoms with Crippen LogP contribution in [0.3, 0.4) is 0 Å². The Kier molecular flexibility index (Phi) is 5.03. The molecule has 9 nitrogen and oxygen atoms in total. The van der Waals surface area contributed by atoms with Crippen LogP contribution in [0.4, 0.5) is 11.4 Å². The molecule has 30 heavy (non-hydrogen) atoms. The van der Waals surface area contributed by atoms with E-state index in [2.05, 4.69) is 15.2 Å². The quantitative estimate of drug-likeness (QED) is 0.681. The van der Waals surface area contributed by atoms with Crippen molar-refractivity contribution >= 4 is 34.3 Å². The van der Waals surface area contributed by atoms with Crippen LogP contribution < -0.4 is 21.5 Å². The third-order valence-electron chi connectivity index (χ3n) is 5.40. The second kappa shape index (κ2) is 7.66. The van der Waals surface area contributed by atoms with E-state index in [9.17, 15) is 14.4 Å². The van der Waals surface area contributed by atoms with Gasteiger partial charge in [0.25, 0.3) is 11.5 Å². The van der Waals surface area contributed by atoms with E-state index in [4.69, 9.17) is 10.2 Å². The van der Waals surface area contributed by atoms with E-state index in [1.54, 1.807) is 32.2 Å². The molecule has 3 aromatic rings. The maximum absolute atomic E-state index is 13.2. The Morgan fingerprint density at radius 1 is 1.20 bits per heavy atom. The van der Waals surface area contributed by atoms with Crippen LogP contribution in [-0.2, 0) is 7.05 Å². The number of carbonyl (C=O) groups is 2. The van der Waals surface area contributed by atoms with Gasteiger partial charge in [-0.05, 0) is 44.4 Å². The van der Waals surface area contributed by atoms with Crippen LogP contribution in [-0.4, -0.2) is 34.5 Å². The Balaban J connectivity index is 1.78. The first-order valence-electron chi connectivity index (χ1n) is 9.81. The zero-order valence-electron chi connectivity index (χ0n) is 16.9. The largest absolute Gasteiger partial charge is 0.442 e. The number of aryl methyl sites for hydroxylation is 2. The zero-order chi connectivity index (χ0) is 21.4. The second-order valence-corrected chi connectivity index (χ2v) is 7.47. The van der Waals surface area contributed by atoms with Gasteiger partial charge in [-0.3, -0.25) is 14.4 Å². The third-order valence-corrected chi connectivity index (χ3v) is 5.40. The summed E-state index contributed by atoms with van der Waals surface area (Å²) in [7, 11) is 1.56. The monoisotopic (exact) mass is 409 g/mol. The van der Waals surface area contributed by atoms with E-state index in [0.29, 0.717) is 11.4 Å². The Hall–Kier alpha value is -3.62. The van der Waals surface area contributed by atoms with Gasteiger partial charge in [0.15, 0.2) is 0 Å². The number of nitrogens with one attached hydrogen (secondary N) is 1. The van der Waals surface area contributed by atoms with Gasteiger partial charge in [-0.25, -0.2) is 4.98 Å². The Morgan fingerprint density at radius 3 is 2.63 bits per heavy atom. The van der Waals surface area contributed by atoms with E-state index >= 15 is 0 Å². The Labute approximate surface area is 172 Å². The SMILES string of the molecule is Cc1oc2ncn(C)c(=O)c2c1C(=O)Nc1cc(C(N)=O)ccc1N1CCCCC1. The highest BCUT2D eigenvalue weighted by Gasteiger charge is 2.24. The number of primary amides is 1. The Bertz CT molecular complexity index is 1200. The number of hydrogen-bond donors (Lipinski definition) is 2. The van der Waals surface area contributed by atoms with Gasteiger partial charge >= 0.3 is 0 Å². The van der Waals surface area contributed by atoms with Gasteiger partial charge in [-0.15, -0.1) is 0 Å². The second-order valence-electron chi connectivity index (χ2n) is 7.47. The number of benzene rings is 1. The number of rotatable bonds is 4.